The molecule has 0 unspecified atom stereocenters. The van der Waals surface area contributed by atoms with Crippen molar-refractivity contribution in [2.75, 3.05) is 6.54 Å². The number of rotatable bonds is 1. The van der Waals surface area contributed by atoms with Gasteiger partial charge in [0.1, 0.15) is 5.60 Å². The van der Waals surface area contributed by atoms with Gasteiger partial charge in [0.25, 0.3) is 0 Å². The van der Waals surface area contributed by atoms with Gasteiger partial charge in [0.15, 0.2) is 0 Å². The molecule has 13 heavy (non-hydrogen) atoms. The second-order valence-corrected chi connectivity index (χ2v) is 3.56. The number of hydrogen-bond acceptors (Lipinski definition) is 3. The number of nitrogens with zero attached hydrogens (tertiary/aromatic N) is 1. The minimum absolute atomic E-state index is 0.213. The Morgan fingerprint density at radius 3 is 2.08 bits per heavy atom. The second-order valence-electron chi connectivity index (χ2n) is 3.56. The van der Waals surface area contributed by atoms with Crippen molar-refractivity contribution < 1.29 is 14.3 Å². The lowest BCUT2D eigenvalue weighted by molar-refractivity contribution is 0.0337. The van der Waals surface area contributed by atoms with Gasteiger partial charge in [-0.15, -0.1) is 0 Å². The fourth-order valence-electron chi connectivity index (χ4n) is 0.692. The molecule has 0 aliphatic carbocycles. The number of ether oxygens (including phenoxy) is 1. The van der Waals surface area contributed by atoms with Gasteiger partial charge >= 0.3 is 12.1 Å². The first kappa shape index (κ1) is 11.7. The van der Waals surface area contributed by atoms with E-state index in [-0.39, 0.29) is 6.54 Å². The van der Waals surface area contributed by atoms with E-state index in [4.69, 9.17) is 10.5 Å². The van der Waals surface area contributed by atoms with E-state index in [2.05, 4.69) is 0 Å². The van der Waals surface area contributed by atoms with Crippen molar-refractivity contribution in [3.05, 3.63) is 0 Å². The minimum atomic E-state index is -0.795. The van der Waals surface area contributed by atoms with Crippen molar-refractivity contribution in [3.63, 3.8) is 0 Å². The van der Waals surface area contributed by atoms with Gasteiger partial charge in [-0.25, -0.2) is 14.5 Å². The van der Waals surface area contributed by atoms with Gasteiger partial charge in [-0.3, -0.25) is 0 Å². The van der Waals surface area contributed by atoms with Crippen molar-refractivity contribution in [1.29, 1.82) is 0 Å². The predicted octanol–water partition coefficient (Wildman–Crippen LogP) is 1.32. The summed E-state index contributed by atoms with van der Waals surface area (Å²) in [7, 11) is 0. The van der Waals surface area contributed by atoms with E-state index in [0.29, 0.717) is 0 Å². The van der Waals surface area contributed by atoms with Crippen molar-refractivity contribution in [1.82, 2.24) is 4.90 Å². The molecule has 2 N–H and O–H groups in total. The van der Waals surface area contributed by atoms with Crippen LogP contribution in [0, 0.1) is 0 Å². The maximum atomic E-state index is 11.2. The van der Waals surface area contributed by atoms with Crippen molar-refractivity contribution in [2.45, 2.75) is 33.3 Å². The monoisotopic (exact) mass is 188 g/mol. The number of hydrogen-bond donors (Lipinski definition) is 1. The van der Waals surface area contributed by atoms with Gasteiger partial charge in [0.2, 0.25) is 0 Å². The number of urea groups is 1. The third-order valence-electron chi connectivity index (χ3n) is 1.20. The summed E-state index contributed by atoms with van der Waals surface area (Å²) >= 11 is 0. The predicted molar refractivity (Wildman–Crippen MR) is 48.2 cm³/mol. The Bertz CT molecular complexity index is 208. The van der Waals surface area contributed by atoms with Gasteiger partial charge in [-0.1, -0.05) is 0 Å². The van der Waals surface area contributed by atoms with Gasteiger partial charge in [-0.05, 0) is 27.7 Å². The van der Waals surface area contributed by atoms with E-state index in [1.54, 1.807) is 27.7 Å². The molecule has 0 fully saturated rings. The molecule has 0 saturated heterocycles. The average Bonchev–Trinajstić information content (AvgIpc) is 1.82. The van der Waals surface area contributed by atoms with Crippen LogP contribution < -0.4 is 5.73 Å². The van der Waals surface area contributed by atoms with Crippen LogP contribution in [0.5, 0.6) is 0 Å². The van der Waals surface area contributed by atoms with Crippen LogP contribution in [0.3, 0.4) is 0 Å². The first-order chi connectivity index (χ1) is 5.78. The lowest BCUT2D eigenvalue weighted by Crippen LogP contribution is -2.43. The molecule has 0 aliphatic heterocycles. The Hall–Kier alpha value is -1.26. The van der Waals surface area contributed by atoms with Gasteiger partial charge in [0.05, 0.1) is 0 Å². The van der Waals surface area contributed by atoms with Crippen LogP contribution in [-0.2, 0) is 4.74 Å². The summed E-state index contributed by atoms with van der Waals surface area (Å²) in [5.41, 5.74) is 4.34. The number of primary amides is 1. The zero-order chi connectivity index (χ0) is 10.6. The molecule has 0 aromatic rings. The van der Waals surface area contributed by atoms with E-state index < -0.39 is 17.7 Å². The summed E-state index contributed by atoms with van der Waals surface area (Å²) in [6, 6.07) is -0.795. The standard InChI is InChI=1S/C8H16N2O3/c1-5-10(6(9)11)7(12)13-8(2,3)4/h5H2,1-4H3,(H2,9,11). The van der Waals surface area contributed by atoms with Crippen LogP contribution in [0.15, 0.2) is 0 Å². The second kappa shape index (κ2) is 4.11. The van der Waals surface area contributed by atoms with E-state index in [9.17, 15) is 9.59 Å². The molecular weight excluding hydrogens is 172 g/mol. The van der Waals surface area contributed by atoms with Crippen LogP contribution in [0.4, 0.5) is 9.59 Å². The minimum Gasteiger partial charge on any atom is -0.443 e. The van der Waals surface area contributed by atoms with Crippen molar-refractivity contribution >= 4 is 12.1 Å². The highest BCUT2D eigenvalue weighted by molar-refractivity contribution is 5.89. The fourth-order valence-corrected chi connectivity index (χ4v) is 0.692. The summed E-state index contributed by atoms with van der Waals surface area (Å²) in [5, 5.41) is 0. The Kier molecular flexibility index (Phi) is 3.71. The Balaban J connectivity index is 4.32. The number of amides is 3. The molecule has 0 aromatic heterocycles. The van der Waals surface area contributed by atoms with Crippen LogP contribution >= 0.6 is 0 Å². The van der Waals surface area contributed by atoms with Gasteiger partial charge in [0, 0.05) is 6.54 Å². The third kappa shape index (κ3) is 4.35. The first-order valence-corrected chi connectivity index (χ1v) is 4.08. The highest BCUT2D eigenvalue weighted by Crippen LogP contribution is 2.09. The maximum Gasteiger partial charge on any atom is 0.418 e. The molecule has 0 spiro atoms. The SMILES string of the molecule is CCN(C(N)=O)C(=O)OC(C)(C)C. The number of carbonyl (C=O) groups is 2. The largest absolute Gasteiger partial charge is 0.443 e. The van der Waals surface area contributed by atoms with Crippen LogP contribution in [0.25, 0.3) is 0 Å². The molecule has 0 heterocycles. The molecule has 0 aromatic carbocycles. The molecule has 5 heteroatoms. The van der Waals surface area contributed by atoms with Gasteiger partial charge < -0.3 is 10.5 Å². The number of nitrogens with two attached hydrogens (primary N) is 1. The summed E-state index contributed by atoms with van der Waals surface area (Å²) < 4.78 is 4.94. The first-order valence-electron chi connectivity index (χ1n) is 4.08. The molecule has 3 amide bonds. The molecule has 0 bridgehead atoms. The fraction of sp³-hybridized carbons (Fsp3) is 0.750. The molecule has 0 aliphatic rings. The normalized spacial score (nSPS) is 10.8. The zero-order valence-corrected chi connectivity index (χ0v) is 8.46. The van der Waals surface area contributed by atoms with Gasteiger partial charge in [-0.2, -0.15) is 0 Å². The van der Waals surface area contributed by atoms with Crippen LogP contribution in [-0.4, -0.2) is 29.2 Å². The summed E-state index contributed by atoms with van der Waals surface area (Å²) in [6.07, 6.45) is -0.706. The lowest BCUT2D eigenvalue weighted by atomic mass is 10.2. The Labute approximate surface area is 77.8 Å². The molecule has 76 valence electrons. The molecular formula is C8H16N2O3. The van der Waals surface area contributed by atoms with Crippen LogP contribution in [0.1, 0.15) is 27.7 Å². The zero-order valence-electron chi connectivity index (χ0n) is 8.46. The molecule has 0 radical (unpaired) electrons. The summed E-state index contributed by atoms with van der Waals surface area (Å²) in [4.78, 5) is 22.8. The topological polar surface area (TPSA) is 72.6 Å². The quantitative estimate of drug-likeness (QED) is 0.674. The van der Waals surface area contributed by atoms with E-state index >= 15 is 0 Å². The highest BCUT2D eigenvalue weighted by atomic mass is 16.6. The maximum absolute atomic E-state index is 11.2. The Morgan fingerprint density at radius 2 is 1.85 bits per heavy atom. The number of imide groups is 1. The van der Waals surface area contributed by atoms with Crippen LogP contribution in [0.2, 0.25) is 0 Å². The van der Waals surface area contributed by atoms with Crippen molar-refractivity contribution in [2.24, 2.45) is 5.73 Å². The lowest BCUT2D eigenvalue weighted by Gasteiger charge is -2.23. The average molecular weight is 188 g/mol. The highest BCUT2D eigenvalue weighted by Gasteiger charge is 2.23. The summed E-state index contributed by atoms with van der Waals surface area (Å²) in [5.74, 6) is 0. The molecule has 0 rings (SSSR count). The molecule has 0 saturated carbocycles. The van der Waals surface area contributed by atoms with Crippen molar-refractivity contribution in [3.8, 4) is 0 Å². The Morgan fingerprint density at radius 1 is 1.38 bits per heavy atom. The van der Waals surface area contributed by atoms with E-state index in [1.165, 1.54) is 0 Å². The third-order valence-corrected chi connectivity index (χ3v) is 1.20. The van der Waals surface area contributed by atoms with E-state index in [0.717, 1.165) is 4.90 Å². The van der Waals surface area contributed by atoms with E-state index in [1.807, 2.05) is 0 Å². The smallest absolute Gasteiger partial charge is 0.418 e. The molecule has 5 nitrogen and oxygen atoms in total. The summed E-state index contributed by atoms with van der Waals surface area (Å²) in [6.45, 7) is 7.03. The number of carbonyl (C=O) groups excluding carboxylic acids is 2. The molecule has 0 atom stereocenters.